The molecule has 2 aliphatic rings. The van der Waals surface area contributed by atoms with Gasteiger partial charge in [0.2, 0.25) is 0 Å². The summed E-state index contributed by atoms with van der Waals surface area (Å²) in [6, 6.07) is 52.9. The summed E-state index contributed by atoms with van der Waals surface area (Å²) in [5, 5.41) is 7.76. The van der Waals surface area contributed by atoms with Gasteiger partial charge >= 0.3 is 0 Å². The van der Waals surface area contributed by atoms with Crippen LogP contribution in [0.1, 0.15) is 0 Å². The fourth-order valence-corrected chi connectivity index (χ4v) is 15.1. The number of hydrogen-bond donors (Lipinski definition) is 0. The van der Waals surface area contributed by atoms with Crippen LogP contribution in [0.25, 0.3) is 60.6 Å². The molecule has 0 aliphatic carbocycles. The zero-order valence-corrected chi connectivity index (χ0v) is 27.9. The molecule has 0 saturated carbocycles. The quantitative estimate of drug-likeness (QED) is 0.139. The molecule has 230 valence electrons. The second-order valence-corrected chi connectivity index (χ2v) is 18.2. The summed E-state index contributed by atoms with van der Waals surface area (Å²) >= 11 is 0. The summed E-state index contributed by atoms with van der Waals surface area (Å²) in [6.07, 6.45) is 0. The van der Waals surface area contributed by atoms with E-state index < -0.39 is 14.3 Å². The molecule has 0 N–H and O–H groups in total. The SMILES string of the molecule is O=P1(c2cccc3c4cccc(P5(=O)c6ccccc6-c6ccccc65)c4n4c5ccccc5nc4c23)c2ccccc2-c2ccccc21. The molecule has 0 fully saturated rings. The first-order valence-electron chi connectivity index (χ1n) is 16.4. The Hall–Kier alpha value is -5.53. The number of rotatable bonds is 2. The molecule has 11 rings (SSSR count). The zero-order chi connectivity index (χ0) is 32.5. The third-order valence-electron chi connectivity index (χ3n) is 10.6. The molecule has 49 heavy (non-hydrogen) atoms. The normalized spacial score (nSPS) is 15.0. The predicted octanol–water partition coefficient (Wildman–Crippen LogP) is 8.03. The van der Waals surface area contributed by atoms with Crippen molar-refractivity contribution in [3.05, 3.63) is 158 Å². The van der Waals surface area contributed by atoms with Crippen molar-refractivity contribution < 1.29 is 9.13 Å². The van der Waals surface area contributed by atoms with E-state index in [0.717, 1.165) is 92.4 Å². The third-order valence-corrected chi connectivity index (χ3v) is 17.0. The summed E-state index contributed by atoms with van der Waals surface area (Å²) in [4.78, 5) is 5.30. The summed E-state index contributed by atoms with van der Waals surface area (Å²) in [5.41, 5.74) is 7.41. The zero-order valence-electron chi connectivity index (χ0n) is 26.1. The van der Waals surface area contributed by atoms with Crippen LogP contribution in [-0.2, 0) is 9.13 Å². The molecule has 0 atom stereocenters. The number of para-hydroxylation sites is 3. The maximum absolute atomic E-state index is 16.0. The molecule has 0 spiro atoms. The minimum Gasteiger partial charge on any atom is -0.309 e. The monoisotopic (exact) mass is 664 g/mol. The van der Waals surface area contributed by atoms with Crippen LogP contribution in [0.4, 0.5) is 0 Å². The van der Waals surface area contributed by atoms with Gasteiger partial charge in [0.05, 0.1) is 16.6 Å². The van der Waals surface area contributed by atoms with Crippen LogP contribution >= 0.6 is 14.3 Å². The lowest BCUT2D eigenvalue weighted by atomic mass is 10.1. The molecule has 9 aromatic rings. The minimum absolute atomic E-state index is 0.719. The van der Waals surface area contributed by atoms with Crippen molar-refractivity contribution >= 4 is 84.5 Å². The van der Waals surface area contributed by atoms with Crippen molar-refractivity contribution in [1.29, 1.82) is 0 Å². The number of benzene rings is 7. The average Bonchev–Trinajstić information content (AvgIpc) is 3.77. The molecule has 4 nitrogen and oxygen atoms in total. The van der Waals surface area contributed by atoms with Gasteiger partial charge in [0.15, 0.2) is 14.3 Å². The number of nitrogens with zero attached hydrogens (tertiary/aromatic N) is 2. The lowest BCUT2D eigenvalue weighted by Gasteiger charge is -2.22. The van der Waals surface area contributed by atoms with Gasteiger partial charge in [-0.25, -0.2) is 4.98 Å². The van der Waals surface area contributed by atoms with Crippen LogP contribution in [0.15, 0.2) is 158 Å². The summed E-state index contributed by atoms with van der Waals surface area (Å²) in [7, 11) is -6.64. The number of imidazole rings is 1. The summed E-state index contributed by atoms with van der Waals surface area (Å²) in [6.45, 7) is 0. The first-order valence-corrected chi connectivity index (χ1v) is 19.9. The molecule has 0 bridgehead atoms. The molecule has 0 unspecified atom stereocenters. The number of fused-ring (bicyclic) bond motifs is 14. The molecule has 0 amide bonds. The highest BCUT2D eigenvalue weighted by Crippen LogP contribution is 2.56. The standard InChI is InChI=1S/C43H26N2O2P2/c46-48(35-21-7-1-13-27(35)28-14-2-8-22-36(28)48)39-25-11-17-31-32-18-12-26-40(42(32)45-34-20-6-5-19-33(34)44-43(45)41(31)39)49(47)37-23-9-3-15-29(37)30-16-4-10-24-38(30)49/h1-26H. The Morgan fingerprint density at radius 3 is 1.41 bits per heavy atom. The second-order valence-electron chi connectivity index (χ2n) is 12.9. The van der Waals surface area contributed by atoms with Gasteiger partial charge in [-0.05, 0) is 45.8 Å². The Morgan fingerprint density at radius 1 is 0.408 bits per heavy atom. The van der Waals surface area contributed by atoms with E-state index in [9.17, 15) is 0 Å². The van der Waals surface area contributed by atoms with E-state index in [-0.39, 0.29) is 0 Å². The Bertz CT molecular complexity index is 2930. The second kappa shape index (κ2) is 9.55. The highest BCUT2D eigenvalue weighted by atomic mass is 31.2. The van der Waals surface area contributed by atoms with E-state index in [4.69, 9.17) is 4.98 Å². The van der Waals surface area contributed by atoms with Crippen LogP contribution in [0.3, 0.4) is 0 Å². The van der Waals surface area contributed by atoms with Gasteiger partial charge < -0.3 is 9.13 Å². The van der Waals surface area contributed by atoms with Gasteiger partial charge in [0.25, 0.3) is 0 Å². The average molecular weight is 665 g/mol. The highest BCUT2D eigenvalue weighted by Gasteiger charge is 2.43. The number of hydrogen-bond acceptors (Lipinski definition) is 3. The van der Waals surface area contributed by atoms with Gasteiger partial charge in [-0.15, -0.1) is 0 Å². The fraction of sp³-hybridized carbons (Fsp3) is 0. The van der Waals surface area contributed by atoms with Crippen molar-refractivity contribution in [2.45, 2.75) is 0 Å². The van der Waals surface area contributed by atoms with Crippen LogP contribution in [0.5, 0.6) is 0 Å². The molecule has 6 heteroatoms. The van der Waals surface area contributed by atoms with E-state index in [2.05, 4.69) is 46.9 Å². The Balaban J connectivity index is 1.35. The number of pyridine rings is 1. The molecular weight excluding hydrogens is 638 g/mol. The lowest BCUT2D eigenvalue weighted by molar-refractivity contribution is 0.592. The maximum Gasteiger partial charge on any atom is 0.174 e. The van der Waals surface area contributed by atoms with Gasteiger partial charge in [-0.1, -0.05) is 140 Å². The lowest BCUT2D eigenvalue weighted by Crippen LogP contribution is -2.24. The summed E-state index contributed by atoms with van der Waals surface area (Å²) < 4.78 is 34.2. The molecule has 0 saturated heterocycles. The van der Waals surface area contributed by atoms with Crippen LogP contribution in [-0.4, -0.2) is 9.38 Å². The maximum atomic E-state index is 16.0. The first-order chi connectivity index (χ1) is 24.1. The van der Waals surface area contributed by atoms with E-state index in [0.29, 0.717) is 0 Å². The minimum atomic E-state index is -3.32. The smallest absolute Gasteiger partial charge is 0.174 e. The molecular formula is C43H26N2O2P2. The Labute approximate surface area is 282 Å². The van der Waals surface area contributed by atoms with Crippen LogP contribution in [0.2, 0.25) is 0 Å². The van der Waals surface area contributed by atoms with Crippen molar-refractivity contribution in [1.82, 2.24) is 9.38 Å². The van der Waals surface area contributed by atoms with E-state index in [1.807, 2.05) is 115 Å². The van der Waals surface area contributed by atoms with Gasteiger partial charge in [0.1, 0.15) is 5.65 Å². The molecule has 4 heterocycles. The Kier molecular flexibility index (Phi) is 5.34. The number of aromatic nitrogens is 2. The van der Waals surface area contributed by atoms with Crippen LogP contribution in [0, 0.1) is 0 Å². The van der Waals surface area contributed by atoms with Crippen molar-refractivity contribution in [3.63, 3.8) is 0 Å². The largest absolute Gasteiger partial charge is 0.309 e. The van der Waals surface area contributed by atoms with Gasteiger partial charge in [-0.3, -0.25) is 4.40 Å². The van der Waals surface area contributed by atoms with Crippen molar-refractivity contribution in [3.8, 4) is 22.3 Å². The molecule has 2 aliphatic heterocycles. The first kappa shape index (κ1) is 27.4. The van der Waals surface area contributed by atoms with E-state index >= 15 is 9.13 Å². The van der Waals surface area contributed by atoms with Crippen LogP contribution < -0.4 is 31.8 Å². The van der Waals surface area contributed by atoms with E-state index in [1.165, 1.54) is 0 Å². The fourth-order valence-electron chi connectivity index (χ4n) is 8.60. The molecule has 0 radical (unpaired) electrons. The summed E-state index contributed by atoms with van der Waals surface area (Å²) in [5.74, 6) is 0. The van der Waals surface area contributed by atoms with Crippen molar-refractivity contribution in [2.24, 2.45) is 0 Å². The van der Waals surface area contributed by atoms with E-state index in [1.54, 1.807) is 0 Å². The highest BCUT2D eigenvalue weighted by molar-refractivity contribution is 7.87. The molecule has 2 aromatic heterocycles. The van der Waals surface area contributed by atoms with Crippen molar-refractivity contribution in [2.75, 3.05) is 0 Å². The Morgan fingerprint density at radius 2 is 0.837 bits per heavy atom. The van der Waals surface area contributed by atoms with Gasteiger partial charge in [-0.2, -0.15) is 0 Å². The molecule has 7 aromatic carbocycles. The topological polar surface area (TPSA) is 51.4 Å². The van der Waals surface area contributed by atoms with Gasteiger partial charge in [0, 0.05) is 42.6 Å². The third kappa shape index (κ3) is 3.29. The predicted molar refractivity (Wildman–Crippen MR) is 204 cm³/mol.